The number of nitrogens with zero attached hydrogens (tertiary/aromatic N) is 1. The summed E-state index contributed by atoms with van der Waals surface area (Å²) >= 11 is 0. The van der Waals surface area contributed by atoms with Gasteiger partial charge in [-0.3, -0.25) is 0 Å². The van der Waals surface area contributed by atoms with Gasteiger partial charge in [-0.15, -0.1) is 6.42 Å². The van der Waals surface area contributed by atoms with Gasteiger partial charge in [-0.25, -0.2) is 4.98 Å². The first-order valence-electron chi connectivity index (χ1n) is 3.90. The lowest BCUT2D eigenvalue weighted by Crippen LogP contribution is -2.18. The van der Waals surface area contributed by atoms with Gasteiger partial charge in [-0.2, -0.15) is 0 Å². The van der Waals surface area contributed by atoms with E-state index in [4.69, 9.17) is 12.2 Å². The molecule has 0 saturated carbocycles. The highest BCUT2D eigenvalue weighted by molar-refractivity contribution is 5.25. The molecule has 0 bridgehead atoms. The SMILES string of the molecule is C#Cc1cccc(CC(C)N)n1. The number of nitrogens with two attached hydrogens (primary N) is 1. The molecule has 0 radical (unpaired) electrons. The van der Waals surface area contributed by atoms with Gasteiger partial charge in [0, 0.05) is 18.2 Å². The Morgan fingerprint density at radius 3 is 3.00 bits per heavy atom. The zero-order valence-electron chi connectivity index (χ0n) is 7.12. The average molecular weight is 160 g/mol. The zero-order valence-corrected chi connectivity index (χ0v) is 7.12. The molecule has 1 heterocycles. The van der Waals surface area contributed by atoms with Gasteiger partial charge < -0.3 is 5.73 Å². The maximum Gasteiger partial charge on any atom is 0.113 e. The van der Waals surface area contributed by atoms with E-state index in [2.05, 4.69) is 10.9 Å². The molecule has 0 fully saturated rings. The van der Waals surface area contributed by atoms with Crippen LogP contribution in [0.2, 0.25) is 0 Å². The number of aromatic nitrogens is 1. The maximum atomic E-state index is 5.62. The third-order valence-corrected chi connectivity index (χ3v) is 1.49. The first-order chi connectivity index (χ1) is 5.72. The van der Waals surface area contributed by atoms with Crippen LogP contribution in [0.5, 0.6) is 0 Å². The van der Waals surface area contributed by atoms with Crippen molar-refractivity contribution in [3.63, 3.8) is 0 Å². The fourth-order valence-corrected chi connectivity index (χ4v) is 1.00. The van der Waals surface area contributed by atoms with Crippen LogP contribution in [-0.4, -0.2) is 11.0 Å². The van der Waals surface area contributed by atoms with Crippen LogP contribution in [0.4, 0.5) is 0 Å². The highest BCUT2D eigenvalue weighted by Gasteiger charge is 1.98. The van der Waals surface area contributed by atoms with Gasteiger partial charge in [0.25, 0.3) is 0 Å². The van der Waals surface area contributed by atoms with Crippen molar-refractivity contribution in [3.05, 3.63) is 29.6 Å². The topological polar surface area (TPSA) is 38.9 Å². The van der Waals surface area contributed by atoms with Crippen LogP contribution in [-0.2, 0) is 6.42 Å². The average Bonchev–Trinajstić information content (AvgIpc) is 2.03. The van der Waals surface area contributed by atoms with Gasteiger partial charge in [-0.05, 0) is 19.1 Å². The lowest BCUT2D eigenvalue weighted by molar-refractivity contribution is 0.721. The highest BCUT2D eigenvalue weighted by Crippen LogP contribution is 2.00. The van der Waals surface area contributed by atoms with Crippen LogP contribution in [0, 0.1) is 12.3 Å². The molecule has 1 rings (SSSR count). The second-order valence-corrected chi connectivity index (χ2v) is 2.84. The maximum absolute atomic E-state index is 5.62. The molecule has 1 atom stereocenters. The fourth-order valence-electron chi connectivity index (χ4n) is 1.00. The van der Waals surface area contributed by atoms with Crippen LogP contribution in [0.25, 0.3) is 0 Å². The van der Waals surface area contributed by atoms with Crippen molar-refractivity contribution in [1.29, 1.82) is 0 Å². The molecular weight excluding hydrogens is 148 g/mol. The molecule has 2 heteroatoms. The molecule has 1 unspecified atom stereocenters. The van der Waals surface area contributed by atoms with Crippen molar-refractivity contribution in [2.24, 2.45) is 5.73 Å². The Bertz CT molecular complexity index is 297. The molecule has 62 valence electrons. The Morgan fingerprint density at radius 2 is 2.42 bits per heavy atom. The molecule has 2 nitrogen and oxygen atoms in total. The summed E-state index contributed by atoms with van der Waals surface area (Å²) in [5.74, 6) is 2.49. The van der Waals surface area contributed by atoms with Crippen LogP contribution in [0.1, 0.15) is 18.3 Å². The van der Waals surface area contributed by atoms with Gasteiger partial charge in [0.1, 0.15) is 5.69 Å². The van der Waals surface area contributed by atoms with E-state index in [-0.39, 0.29) is 6.04 Å². The standard InChI is InChI=1S/C10H12N2/c1-3-9-5-4-6-10(12-9)7-8(2)11/h1,4-6,8H,7,11H2,2H3. The van der Waals surface area contributed by atoms with Crippen molar-refractivity contribution in [2.45, 2.75) is 19.4 Å². The molecule has 1 aromatic heterocycles. The monoisotopic (exact) mass is 160 g/mol. The van der Waals surface area contributed by atoms with E-state index >= 15 is 0 Å². The van der Waals surface area contributed by atoms with E-state index in [1.807, 2.05) is 25.1 Å². The van der Waals surface area contributed by atoms with Gasteiger partial charge in [0.05, 0.1) is 0 Å². The molecule has 2 N–H and O–H groups in total. The van der Waals surface area contributed by atoms with Crippen molar-refractivity contribution >= 4 is 0 Å². The molecule has 0 aliphatic heterocycles. The van der Waals surface area contributed by atoms with Crippen LogP contribution < -0.4 is 5.73 Å². The summed E-state index contributed by atoms with van der Waals surface area (Å²) in [7, 11) is 0. The van der Waals surface area contributed by atoms with E-state index in [1.165, 1.54) is 0 Å². The van der Waals surface area contributed by atoms with Crippen molar-refractivity contribution < 1.29 is 0 Å². The quantitative estimate of drug-likeness (QED) is 0.654. The molecule has 0 saturated heterocycles. The smallest absolute Gasteiger partial charge is 0.113 e. The van der Waals surface area contributed by atoms with E-state index < -0.39 is 0 Å². The summed E-state index contributed by atoms with van der Waals surface area (Å²) in [4.78, 5) is 4.22. The molecule has 0 aliphatic carbocycles. The number of hydrogen-bond donors (Lipinski definition) is 1. The third kappa shape index (κ3) is 2.37. The lowest BCUT2D eigenvalue weighted by Gasteiger charge is -2.03. The molecule has 0 amide bonds. The summed E-state index contributed by atoms with van der Waals surface area (Å²) in [6.07, 6.45) is 5.98. The van der Waals surface area contributed by atoms with Gasteiger partial charge in [0.2, 0.25) is 0 Å². The number of terminal acetylenes is 1. The predicted molar refractivity (Wildman–Crippen MR) is 49.5 cm³/mol. The van der Waals surface area contributed by atoms with Crippen molar-refractivity contribution in [3.8, 4) is 12.3 Å². The second kappa shape index (κ2) is 3.89. The Kier molecular flexibility index (Phi) is 2.84. The normalized spacial score (nSPS) is 12.1. The van der Waals surface area contributed by atoms with Crippen LogP contribution >= 0.6 is 0 Å². The van der Waals surface area contributed by atoms with E-state index in [0.29, 0.717) is 5.69 Å². The van der Waals surface area contributed by atoms with E-state index in [9.17, 15) is 0 Å². The summed E-state index contributed by atoms with van der Waals surface area (Å²) < 4.78 is 0. The number of hydrogen-bond acceptors (Lipinski definition) is 2. The van der Waals surface area contributed by atoms with Gasteiger partial charge in [0.15, 0.2) is 0 Å². The summed E-state index contributed by atoms with van der Waals surface area (Å²) in [6, 6.07) is 5.78. The molecular formula is C10H12N2. The Labute approximate surface area is 72.8 Å². The van der Waals surface area contributed by atoms with Gasteiger partial charge in [-0.1, -0.05) is 12.0 Å². The second-order valence-electron chi connectivity index (χ2n) is 2.84. The first-order valence-corrected chi connectivity index (χ1v) is 3.90. The Hall–Kier alpha value is -1.33. The summed E-state index contributed by atoms with van der Waals surface area (Å²) in [5.41, 5.74) is 7.26. The summed E-state index contributed by atoms with van der Waals surface area (Å²) in [6.45, 7) is 1.95. The van der Waals surface area contributed by atoms with Crippen LogP contribution in [0.15, 0.2) is 18.2 Å². The minimum atomic E-state index is 0.130. The Balaban J connectivity index is 2.81. The van der Waals surface area contributed by atoms with E-state index in [0.717, 1.165) is 12.1 Å². The minimum absolute atomic E-state index is 0.130. The fraction of sp³-hybridized carbons (Fsp3) is 0.300. The minimum Gasteiger partial charge on any atom is -0.328 e. The number of pyridine rings is 1. The third-order valence-electron chi connectivity index (χ3n) is 1.49. The van der Waals surface area contributed by atoms with E-state index in [1.54, 1.807) is 0 Å². The molecule has 1 aromatic rings. The van der Waals surface area contributed by atoms with Gasteiger partial charge >= 0.3 is 0 Å². The largest absolute Gasteiger partial charge is 0.328 e. The van der Waals surface area contributed by atoms with Crippen LogP contribution in [0.3, 0.4) is 0 Å². The Morgan fingerprint density at radius 1 is 1.67 bits per heavy atom. The highest BCUT2D eigenvalue weighted by atomic mass is 14.7. The molecule has 0 aromatic carbocycles. The summed E-state index contributed by atoms with van der Waals surface area (Å²) in [5, 5.41) is 0. The molecule has 0 spiro atoms. The predicted octanol–water partition coefficient (Wildman–Crippen LogP) is 0.953. The zero-order chi connectivity index (χ0) is 8.97. The number of rotatable bonds is 2. The lowest BCUT2D eigenvalue weighted by atomic mass is 10.2. The van der Waals surface area contributed by atoms with Crippen molar-refractivity contribution in [1.82, 2.24) is 4.98 Å². The molecule has 12 heavy (non-hydrogen) atoms. The molecule has 0 aliphatic rings. The first kappa shape index (κ1) is 8.76. The van der Waals surface area contributed by atoms with Crippen molar-refractivity contribution in [2.75, 3.05) is 0 Å².